The van der Waals surface area contributed by atoms with E-state index in [2.05, 4.69) is 20.8 Å². The molecule has 132 valence electrons. The minimum Gasteiger partial charge on any atom is -0.393 e. The van der Waals surface area contributed by atoms with Crippen LogP contribution in [0.4, 0.5) is 0 Å². The molecule has 0 aliphatic rings. The van der Waals surface area contributed by atoms with Gasteiger partial charge in [0.05, 0.1) is 6.61 Å². The zero-order chi connectivity index (χ0) is 17.7. The van der Waals surface area contributed by atoms with Crippen molar-refractivity contribution in [3.63, 3.8) is 0 Å². The van der Waals surface area contributed by atoms with Gasteiger partial charge in [0, 0.05) is 13.2 Å². The molecule has 1 rings (SSSR count). The number of hydrogen-bond donors (Lipinski definition) is 3. The van der Waals surface area contributed by atoms with Crippen LogP contribution in [-0.4, -0.2) is 47.0 Å². The Morgan fingerprint density at radius 2 is 1.48 bits per heavy atom. The number of rotatable bonds is 8. The first-order valence-electron chi connectivity index (χ1n) is 8.05. The molecule has 23 heavy (non-hydrogen) atoms. The van der Waals surface area contributed by atoms with Crippen molar-refractivity contribution in [2.45, 2.75) is 58.0 Å². The summed E-state index contributed by atoms with van der Waals surface area (Å²) in [5.41, 5.74) is -0.323. The molecule has 5 heteroatoms. The molecule has 0 aliphatic carbocycles. The highest BCUT2D eigenvalue weighted by molar-refractivity contribution is 5.30. The van der Waals surface area contributed by atoms with Crippen LogP contribution in [0, 0.1) is 0 Å². The smallest absolute Gasteiger partial charge is 0.191 e. The molecule has 0 spiro atoms. The van der Waals surface area contributed by atoms with Crippen molar-refractivity contribution < 1.29 is 24.8 Å². The summed E-state index contributed by atoms with van der Waals surface area (Å²) >= 11 is 0. The van der Waals surface area contributed by atoms with Gasteiger partial charge in [0.15, 0.2) is 11.9 Å². The average Bonchev–Trinajstić information content (AvgIpc) is 2.52. The van der Waals surface area contributed by atoms with Gasteiger partial charge >= 0.3 is 0 Å². The molecule has 3 N–H and O–H groups in total. The summed E-state index contributed by atoms with van der Waals surface area (Å²) < 4.78 is 10.7. The monoisotopic (exact) mass is 326 g/mol. The Morgan fingerprint density at radius 3 is 1.83 bits per heavy atom. The third-order valence-corrected chi connectivity index (χ3v) is 3.86. The number of aliphatic hydroxyl groups excluding tert-OH is 2. The molecule has 5 nitrogen and oxygen atoms in total. The van der Waals surface area contributed by atoms with Gasteiger partial charge in [0.25, 0.3) is 0 Å². The molecule has 0 radical (unpaired) electrons. The minimum atomic E-state index is -1.94. The largest absolute Gasteiger partial charge is 0.393 e. The Hall–Kier alpha value is -0.980. The molecule has 0 saturated heterocycles. The molecule has 2 atom stereocenters. The van der Waals surface area contributed by atoms with Crippen LogP contribution in [0.25, 0.3) is 0 Å². The zero-order valence-corrected chi connectivity index (χ0v) is 14.7. The van der Waals surface area contributed by atoms with Crippen molar-refractivity contribution in [2.24, 2.45) is 0 Å². The molecule has 0 bridgehead atoms. The van der Waals surface area contributed by atoms with E-state index in [0.717, 1.165) is 5.56 Å². The molecule has 0 aliphatic heterocycles. The molecule has 1 aromatic rings. The molecule has 0 amide bonds. The van der Waals surface area contributed by atoms with Crippen molar-refractivity contribution in [1.29, 1.82) is 0 Å². The maximum Gasteiger partial charge on any atom is 0.191 e. The van der Waals surface area contributed by atoms with Crippen molar-refractivity contribution in [1.82, 2.24) is 0 Å². The number of hydrogen-bond acceptors (Lipinski definition) is 5. The van der Waals surface area contributed by atoms with E-state index in [1.54, 1.807) is 26.0 Å². The van der Waals surface area contributed by atoms with Gasteiger partial charge < -0.3 is 24.8 Å². The maximum atomic E-state index is 10.7. The van der Waals surface area contributed by atoms with Gasteiger partial charge in [0.1, 0.15) is 6.10 Å². The molecule has 0 heterocycles. The normalized spacial score (nSPS) is 16.4. The van der Waals surface area contributed by atoms with Crippen molar-refractivity contribution in [3.05, 3.63) is 35.4 Å². The van der Waals surface area contributed by atoms with Crippen LogP contribution in [0.5, 0.6) is 0 Å². The highest BCUT2D eigenvalue weighted by Crippen LogP contribution is 2.32. The lowest BCUT2D eigenvalue weighted by atomic mass is 9.84. The second-order valence-electron chi connectivity index (χ2n) is 6.67. The average molecular weight is 326 g/mol. The van der Waals surface area contributed by atoms with E-state index < -0.39 is 24.6 Å². The number of benzene rings is 1. The summed E-state index contributed by atoms with van der Waals surface area (Å²) in [6.45, 7) is 9.72. The number of aliphatic hydroxyl groups is 3. The van der Waals surface area contributed by atoms with Crippen molar-refractivity contribution >= 4 is 0 Å². The lowest BCUT2D eigenvalue weighted by molar-refractivity contribution is -0.275. The van der Waals surface area contributed by atoms with Crippen molar-refractivity contribution in [3.8, 4) is 0 Å². The summed E-state index contributed by atoms with van der Waals surface area (Å²) in [6.07, 6.45) is -2.44. The molecule has 0 fully saturated rings. The Bertz CT molecular complexity index is 459. The summed E-state index contributed by atoms with van der Waals surface area (Å²) in [5, 5.41) is 31.0. The zero-order valence-electron chi connectivity index (χ0n) is 14.7. The van der Waals surface area contributed by atoms with Crippen molar-refractivity contribution in [2.75, 3.05) is 19.8 Å². The first-order chi connectivity index (χ1) is 10.7. The third-order valence-electron chi connectivity index (χ3n) is 3.86. The van der Waals surface area contributed by atoms with Crippen LogP contribution in [0.3, 0.4) is 0 Å². The second kappa shape index (κ2) is 8.22. The first-order valence-corrected chi connectivity index (χ1v) is 8.05. The van der Waals surface area contributed by atoms with Gasteiger partial charge in [-0.05, 0) is 30.4 Å². The summed E-state index contributed by atoms with van der Waals surface area (Å²) in [5.74, 6) is 0. The molecule has 0 aromatic heterocycles. The fourth-order valence-electron chi connectivity index (χ4n) is 2.38. The summed E-state index contributed by atoms with van der Waals surface area (Å²) in [7, 11) is 0. The van der Waals surface area contributed by atoms with E-state index in [1.807, 2.05) is 12.1 Å². The van der Waals surface area contributed by atoms with E-state index >= 15 is 0 Å². The standard InChI is InChI=1S/C18H30O5/c1-6-22-16(23-7-2)18(21,12-19)15(20)13-8-10-14(11-9-13)17(3,4)5/h8-11,15-16,19-21H,6-7,12H2,1-5H3/t15-,18+/m0/s1. The van der Waals surface area contributed by atoms with Crippen LogP contribution in [-0.2, 0) is 14.9 Å². The van der Waals surface area contributed by atoms with Gasteiger partial charge in [-0.2, -0.15) is 0 Å². The SMILES string of the molecule is CCOC(OCC)[C@@](O)(CO)[C@@H](O)c1ccc(C(C)(C)C)cc1. The molecular weight excluding hydrogens is 296 g/mol. The lowest BCUT2D eigenvalue weighted by Crippen LogP contribution is -2.53. The highest BCUT2D eigenvalue weighted by atomic mass is 16.7. The molecule has 1 aromatic carbocycles. The van der Waals surface area contributed by atoms with Gasteiger partial charge in [-0.1, -0.05) is 45.0 Å². The van der Waals surface area contributed by atoms with Crippen LogP contribution in [0.15, 0.2) is 24.3 Å². The lowest BCUT2D eigenvalue weighted by Gasteiger charge is -2.37. The Kier molecular flexibility index (Phi) is 7.17. The molecule has 0 unspecified atom stereocenters. The summed E-state index contributed by atoms with van der Waals surface area (Å²) in [6, 6.07) is 7.32. The highest BCUT2D eigenvalue weighted by Gasteiger charge is 2.45. The van der Waals surface area contributed by atoms with Crippen LogP contribution >= 0.6 is 0 Å². The molecular formula is C18H30O5. The van der Waals surface area contributed by atoms with Crippen LogP contribution in [0.1, 0.15) is 51.8 Å². The van der Waals surface area contributed by atoms with E-state index in [9.17, 15) is 15.3 Å². The fourth-order valence-corrected chi connectivity index (χ4v) is 2.38. The number of ether oxygens (including phenoxy) is 2. The van der Waals surface area contributed by atoms with Gasteiger partial charge in [-0.25, -0.2) is 0 Å². The van der Waals surface area contributed by atoms with Gasteiger partial charge in [-0.3, -0.25) is 0 Å². The van der Waals surface area contributed by atoms with E-state index in [0.29, 0.717) is 18.8 Å². The van der Waals surface area contributed by atoms with E-state index in [-0.39, 0.29) is 5.41 Å². The van der Waals surface area contributed by atoms with Crippen LogP contribution in [0.2, 0.25) is 0 Å². The maximum absolute atomic E-state index is 10.7. The van der Waals surface area contributed by atoms with Gasteiger partial charge in [-0.15, -0.1) is 0 Å². The van der Waals surface area contributed by atoms with Gasteiger partial charge in [0.2, 0.25) is 0 Å². The quantitative estimate of drug-likeness (QED) is 0.638. The topological polar surface area (TPSA) is 79.2 Å². The fraction of sp³-hybridized carbons (Fsp3) is 0.667. The van der Waals surface area contributed by atoms with E-state index in [1.165, 1.54) is 0 Å². The first kappa shape index (κ1) is 20.1. The predicted octanol–water partition coefficient (Wildman–Crippen LogP) is 2.14. The predicted molar refractivity (Wildman–Crippen MR) is 89.2 cm³/mol. The third kappa shape index (κ3) is 4.75. The van der Waals surface area contributed by atoms with Crippen LogP contribution < -0.4 is 0 Å². The Balaban J connectivity index is 3.08. The Morgan fingerprint density at radius 1 is 1.00 bits per heavy atom. The Labute approximate surface area is 138 Å². The molecule has 0 saturated carbocycles. The summed E-state index contributed by atoms with van der Waals surface area (Å²) in [4.78, 5) is 0. The minimum absolute atomic E-state index is 0.00402. The second-order valence-corrected chi connectivity index (χ2v) is 6.67. The van der Waals surface area contributed by atoms with E-state index in [4.69, 9.17) is 9.47 Å².